The Kier molecular flexibility index (Phi) is 5.09. The first-order valence-corrected chi connectivity index (χ1v) is 6.06. The Labute approximate surface area is 119 Å². The molecule has 1 nitrogen and oxygen atoms in total. The highest BCUT2D eigenvalue weighted by atomic mass is 35.6. The van der Waals surface area contributed by atoms with Crippen LogP contribution in [0.4, 0.5) is 0 Å². The van der Waals surface area contributed by atoms with Gasteiger partial charge in [-0.1, -0.05) is 64.1 Å². The lowest BCUT2D eigenvalue weighted by molar-refractivity contribution is 0.459. The molecule has 16 heavy (non-hydrogen) atoms. The Morgan fingerprint density at radius 1 is 1.06 bits per heavy atom. The largest absolute Gasteiger partial charge is 0.444 e. The predicted octanol–water partition coefficient (Wildman–Crippen LogP) is 5.39. The first-order valence-electron chi connectivity index (χ1n) is 4.17. The van der Waals surface area contributed by atoms with Crippen molar-refractivity contribution in [2.45, 2.75) is 10.7 Å². The van der Waals surface area contributed by atoms with Crippen molar-refractivity contribution in [2.24, 2.45) is 0 Å². The average molecular weight is 320 g/mol. The van der Waals surface area contributed by atoms with Crippen molar-refractivity contribution < 1.29 is 4.74 Å². The summed E-state index contributed by atoms with van der Waals surface area (Å²) in [5, 5.41) is -0.342. The molecule has 0 heterocycles. The predicted molar refractivity (Wildman–Crippen MR) is 70.8 cm³/mol. The fourth-order valence-corrected chi connectivity index (χ4v) is 1.54. The number of allylic oxidation sites excluding steroid dienone is 1. The van der Waals surface area contributed by atoms with Gasteiger partial charge in [0.15, 0.2) is 0 Å². The summed E-state index contributed by atoms with van der Waals surface area (Å²) in [6.07, 6.45) is 0. The fraction of sp³-hybridized carbons (Fsp3) is 0.200. The van der Waals surface area contributed by atoms with E-state index in [1.165, 1.54) is 0 Å². The quantitative estimate of drug-likeness (QED) is 0.524. The van der Waals surface area contributed by atoms with E-state index < -0.39 is 3.79 Å². The zero-order chi connectivity index (χ0) is 12.3. The number of rotatable bonds is 2. The van der Waals surface area contributed by atoms with Crippen LogP contribution in [-0.2, 0) is 0 Å². The maximum Gasteiger partial charge on any atom is 0.230 e. The number of aryl methyl sites for hydroxylation is 1. The van der Waals surface area contributed by atoms with Crippen molar-refractivity contribution in [3.8, 4) is 5.75 Å². The molecular formula is C10H7Cl5O. The molecule has 0 saturated heterocycles. The number of hydrogen-bond acceptors (Lipinski definition) is 1. The second kappa shape index (κ2) is 5.70. The fourth-order valence-electron chi connectivity index (χ4n) is 0.866. The van der Waals surface area contributed by atoms with Crippen molar-refractivity contribution in [3.05, 3.63) is 40.1 Å². The van der Waals surface area contributed by atoms with Crippen LogP contribution in [0.15, 0.2) is 34.5 Å². The highest BCUT2D eigenvalue weighted by Gasteiger charge is 2.28. The summed E-state index contributed by atoms with van der Waals surface area (Å²) in [4.78, 5) is 0. The topological polar surface area (TPSA) is 9.23 Å². The highest BCUT2D eigenvalue weighted by Crippen LogP contribution is 2.40. The van der Waals surface area contributed by atoms with Crippen LogP contribution in [0.5, 0.6) is 5.75 Å². The van der Waals surface area contributed by atoms with Gasteiger partial charge in [-0.25, -0.2) is 0 Å². The Bertz CT molecular complexity index is 391. The van der Waals surface area contributed by atoms with E-state index in [9.17, 15) is 0 Å². The molecule has 0 aromatic heterocycles. The van der Waals surface area contributed by atoms with E-state index in [4.69, 9.17) is 62.7 Å². The van der Waals surface area contributed by atoms with Crippen molar-refractivity contribution in [1.82, 2.24) is 0 Å². The van der Waals surface area contributed by atoms with E-state index in [-0.39, 0.29) is 10.3 Å². The molecule has 0 fully saturated rings. The van der Waals surface area contributed by atoms with Gasteiger partial charge in [0, 0.05) is 0 Å². The van der Waals surface area contributed by atoms with E-state index in [0.717, 1.165) is 5.56 Å². The maximum atomic E-state index is 5.76. The molecule has 0 bridgehead atoms. The van der Waals surface area contributed by atoms with Crippen LogP contribution in [0.2, 0.25) is 0 Å². The number of hydrogen-bond donors (Lipinski definition) is 0. The van der Waals surface area contributed by atoms with Crippen LogP contribution in [0.1, 0.15) is 5.56 Å². The Balaban J connectivity index is 2.86. The first-order chi connectivity index (χ1) is 7.30. The molecule has 0 unspecified atom stereocenters. The zero-order valence-electron chi connectivity index (χ0n) is 8.11. The summed E-state index contributed by atoms with van der Waals surface area (Å²) in [6, 6.07) is 7.20. The third-order valence-corrected chi connectivity index (χ3v) is 3.33. The number of halogens is 5. The van der Waals surface area contributed by atoms with Gasteiger partial charge in [-0.15, -0.1) is 0 Å². The Morgan fingerprint density at radius 2 is 1.56 bits per heavy atom. The van der Waals surface area contributed by atoms with E-state index >= 15 is 0 Å². The van der Waals surface area contributed by atoms with Gasteiger partial charge in [0.05, 0.1) is 0 Å². The van der Waals surface area contributed by atoms with Gasteiger partial charge in [-0.2, -0.15) is 0 Å². The molecule has 0 saturated carbocycles. The molecule has 0 atom stereocenters. The van der Waals surface area contributed by atoms with Crippen LogP contribution in [-0.4, -0.2) is 3.79 Å². The average Bonchev–Trinajstić information content (AvgIpc) is 2.19. The molecule has 0 amide bonds. The molecule has 0 spiro atoms. The summed E-state index contributed by atoms with van der Waals surface area (Å²) in [5.41, 5.74) is 1.10. The van der Waals surface area contributed by atoms with Gasteiger partial charge < -0.3 is 4.74 Å². The van der Waals surface area contributed by atoms with Gasteiger partial charge in [0.2, 0.25) is 9.01 Å². The molecule has 0 aliphatic rings. The number of alkyl halides is 3. The lowest BCUT2D eigenvalue weighted by Crippen LogP contribution is -2.06. The molecule has 0 aliphatic heterocycles. The number of ether oxygens (including phenoxy) is 1. The van der Waals surface area contributed by atoms with Crippen molar-refractivity contribution in [1.29, 1.82) is 0 Å². The molecule has 1 aromatic carbocycles. The van der Waals surface area contributed by atoms with Crippen LogP contribution in [0.3, 0.4) is 0 Å². The van der Waals surface area contributed by atoms with E-state index in [1.54, 1.807) is 12.1 Å². The Morgan fingerprint density at radius 3 is 2.00 bits per heavy atom. The molecular weight excluding hydrogens is 313 g/mol. The molecule has 0 radical (unpaired) electrons. The molecule has 1 aromatic rings. The summed E-state index contributed by atoms with van der Waals surface area (Å²) < 4.78 is 3.43. The normalized spacial score (nSPS) is 13.4. The number of benzene rings is 1. The summed E-state index contributed by atoms with van der Waals surface area (Å²) in [7, 11) is 0. The van der Waals surface area contributed by atoms with E-state index in [1.807, 2.05) is 19.1 Å². The SMILES string of the molecule is Cc1ccc(O/C(Cl)=C(/Cl)C(Cl)(Cl)Cl)cc1. The van der Waals surface area contributed by atoms with E-state index in [2.05, 4.69) is 0 Å². The molecule has 0 aliphatic carbocycles. The van der Waals surface area contributed by atoms with Crippen molar-refractivity contribution in [2.75, 3.05) is 0 Å². The van der Waals surface area contributed by atoms with Crippen LogP contribution >= 0.6 is 58.0 Å². The summed E-state index contributed by atoms with van der Waals surface area (Å²) >= 11 is 28.1. The van der Waals surface area contributed by atoms with Crippen molar-refractivity contribution in [3.63, 3.8) is 0 Å². The standard InChI is InChI=1S/C10H7Cl5O/c1-6-2-4-7(5-3-6)16-9(12)8(11)10(13,14)15/h2-5H,1H3/b9-8+. The summed E-state index contributed by atoms with van der Waals surface area (Å²) in [5.74, 6) is 0.517. The minimum absolute atomic E-state index is 0.162. The van der Waals surface area contributed by atoms with Gasteiger partial charge >= 0.3 is 0 Å². The molecule has 6 heteroatoms. The third-order valence-electron chi connectivity index (χ3n) is 1.65. The second-order valence-corrected chi connectivity index (χ2v) is 6.00. The van der Waals surface area contributed by atoms with Gasteiger partial charge in [-0.3, -0.25) is 0 Å². The van der Waals surface area contributed by atoms with Crippen LogP contribution in [0, 0.1) is 6.92 Å². The van der Waals surface area contributed by atoms with Crippen LogP contribution in [0.25, 0.3) is 0 Å². The summed E-state index contributed by atoms with van der Waals surface area (Å²) in [6.45, 7) is 1.95. The lowest BCUT2D eigenvalue weighted by Gasteiger charge is -2.12. The lowest BCUT2D eigenvalue weighted by atomic mass is 10.2. The van der Waals surface area contributed by atoms with E-state index in [0.29, 0.717) is 5.75 Å². The highest BCUT2D eigenvalue weighted by molar-refractivity contribution is 6.73. The monoisotopic (exact) mass is 318 g/mol. The molecule has 0 N–H and O–H groups in total. The van der Waals surface area contributed by atoms with Crippen molar-refractivity contribution >= 4 is 58.0 Å². The minimum atomic E-state index is -1.79. The third kappa shape index (κ3) is 4.23. The van der Waals surface area contributed by atoms with Gasteiger partial charge in [0.1, 0.15) is 10.8 Å². The Hall–Kier alpha value is 0.210. The molecule has 1 rings (SSSR count). The van der Waals surface area contributed by atoms with Gasteiger partial charge in [0.25, 0.3) is 0 Å². The molecule has 88 valence electrons. The maximum absolute atomic E-state index is 5.76. The van der Waals surface area contributed by atoms with Crippen LogP contribution < -0.4 is 4.74 Å². The first kappa shape index (κ1) is 14.3. The minimum Gasteiger partial charge on any atom is -0.444 e. The second-order valence-electron chi connectivity index (χ2n) is 3.00. The smallest absolute Gasteiger partial charge is 0.230 e. The van der Waals surface area contributed by atoms with Gasteiger partial charge in [-0.05, 0) is 30.7 Å². The zero-order valence-corrected chi connectivity index (χ0v) is 11.9.